The molecule has 1 unspecified atom stereocenters. The highest BCUT2D eigenvalue weighted by Crippen LogP contribution is 2.26. The van der Waals surface area contributed by atoms with Crippen LogP contribution in [-0.2, 0) is 4.79 Å². The first-order chi connectivity index (χ1) is 9.32. The average molecular weight is 430 g/mol. The van der Waals surface area contributed by atoms with Crippen LogP contribution in [0.25, 0.3) is 0 Å². The van der Waals surface area contributed by atoms with E-state index < -0.39 is 11.9 Å². The summed E-state index contributed by atoms with van der Waals surface area (Å²) >= 11 is 13.8. The Kier molecular flexibility index (Phi) is 7.05. The summed E-state index contributed by atoms with van der Waals surface area (Å²) in [4.78, 5) is 22.6. The van der Waals surface area contributed by atoms with Gasteiger partial charge in [-0.15, -0.1) is 0 Å². The van der Waals surface area contributed by atoms with E-state index in [0.29, 0.717) is 38.6 Å². The molecular weight excluding hydrogens is 416 g/mol. The van der Waals surface area contributed by atoms with Crippen molar-refractivity contribution in [2.75, 3.05) is 6.54 Å². The normalized spacial score (nSPS) is 12.0. The van der Waals surface area contributed by atoms with Crippen LogP contribution in [0.1, 0.15) is 30.1 Å². The molecule has 1 atom stereocenters. The van der Waals surface area contributed by atoms with Gasteiger partial charge in [-0.1, -0.05) is 30.1 Å². The molecule has 1 amide bonds. The molecule has 20 heavy (non-hydrogen) atoms. The molecule has 0 saturated carbocycles. The monoisotopic (exact) mass is 429 g/mol. The van der Waals surface area contributed by atoms with E-state index in [-0.39, 0.29) is 5.91 Å². The molecule has 2 N–H and O–H groups in total. The average Bonchev–Trinajstić information content (AvgIpc) is 2.38. The Balaban J connectivity index is 2.54. The fourth-order valence-corrected chi connectivity index (χ4v) is 2.60. The predicted molar refractivity (Wildman–Crippen MR) is 87.5 cm³/mol. The summed E-state index contributed by atoms with van der Waals surface area (Å²) in [7, 11) is 0. The fourth-order valence-electron chi connectivity index (χ4n) is 1.55. The first-order valence-corrected chi connectivity index (χ1v) is 7.82. The molecule has 0 saturated heterocycles. The summed E-state index contributed by atoms with van der Waals surface area (Å²) < 4.78 is 0.644. The van der Waals surface area contributed by atoms with Gasteiger partial charge in [-0.25, -0.2) is 0 Å². The van der Waals surface area contributed by atoms with Gasteiger partial charge in [-0.05, 0) is 47.6 Å². The van der Waals surface area contributed by atoms with E-state index in [2.05, 4.69) is 5.32 Å². The van der Waals surface area contributed by atoms with Crippen LogP contribution in [0.2, 0.25) is 10.0 Å². The van der Waals surface area contributed by atoms with E-state index in [0.717, 1.165) is 0 Å². The second kappa shape index (κ2) is 8.05. The Morgan fingerprint density at radius 1 is 1.40 bits per heavy atom. The number of carbonyl (C=O) groups excluding carboxylic acids is 1. The van der Waals surface area contributed by atoms with Gasteiger partial charge in [0, 0.05) is 15.1 Å². The van der Waals surface area contributed by atoms with E-state index in [4.69, 9.17) is 28.3 Å². The summed E-state index contributed by atoms with van der Waals surface area (Å²) in [5.74, 6) is -1.50. The van der Waals surface area contributed by atoms with Crippen LogP contribution in [0.4, 0.5) is 0 Å². The highest BCUT2D eigenvalue weighted by atomic mass is 127. The first kappa shape index (κ1) is 17.5. The highest BCUT2D eigenvalue weighted by molar-refractivity contribution is 14.1. The molecule has 0 radical (unpaired) electrons. The number of aliphatic carboxylic acids is 1. The quantitative estimate of drug-likeness (QED) is 0.410. The van der Waals surface area contributed by atoms with Crippen LogP contribution in [0.5, 0.6) is 0 Å². The molecule has 0 heterocycles. The zero-order chi connectivity index (χ0) is 15.3. The lowest BCUT2D eigenvalue weighted by Crippen LogP contribution is -2.26. The molecule has 0 aliphatic heterocycles. The maximum Gasteiger partial charge on any atom is 0.306 e. The molecule has 0 aliphatic carbocycles. The number of rotatable bonds is 6. The van der Waals surface area contributed by atoms with Crippen LogP contribution in [0, 0.1) is 9.49 Å². The second-order valence-electron chi connectivity index (χ2n) is 4.39. The molecule has 0 aromatic heterocycles. The summed E-state index contributed by atoms with van der Waals surface area (Å²) in [5.41, 5.74) is 0.425. The van der Waals surface area contributed by atoms with Crippen molar-refractivity contribution in [3.8, 4) is 0 Å². The molecule has 1 rings (SSSR count). The summed E-state index contributed by atoms with van der Waals surface area (Å²) in [6.07, 6.45) is 1.12. The SMILES string of the molecule is CC(CCCNC(=O)c1cc(Cl)cc(Cl)c1I)C(=O)O. The van der Waals surface area contributed by atoms with Gasteiger partial charge in [0.15, 0.2) is 0 Å². The van der Waals surface area contributed by atoms with E-state index in [9.17, 15) is 9.59 Å². The van der Waals surface area contributed by atoms with Crippen molar-refractivity contribution in [1.82, 2.24) is 5.32 Å². The van der Waals surface area contributed by atoms with Crippen LogP contribution < -0.4 is 5.32 Å². The van der Waals surface area contributed by atoms with E-state index in [1.165, 1.54) is 0 Å². The lowest BCUT2D eigenvalue weighted by atomic mass is 10.1. The molecule has 0 bridgehead atoms. The van der Waals surface area contributed by atoms with Gasteiger partial charge in [-0.2, -0.15) is 0 Å². The number of carboxylic acid groups (broad SMARTS) is 1. The fraction of sp³-hybridized carbons (Fsp3) is 0.385. The van der Waals surface area contributed by atoms with Crippen LogP contribution in [0.15, 0.2) is 12.1 Å². The lowest BCUT2D eigenvalue weighted by Gasteiger charge is -2.09. The zero-order valence-corrected chi connectivity index (χ0v) is 14.4. The molecule has 0 fully saturated rings. The molecule has 7 heteroatoms. The molecule has 0 spiro atoms. The summed E-state index contributed by atoms with van der Waals surface area (Å²) in [5, 5.41) is 12.3. The molecule has 0 aliphatic rings. The molecular formula is C13H14Cl2INO3. The smallest absolute Gasteiger partial charge is 0.306 e. The van der Waals surface area contributed by atoms with Gasteiger partial charge in [-0.3, -0.25) is 9.59 Å². The number of nitrogens with one attached hydrogen (secondary N) is 1. The first-order valence-electron chi connectivity index (χ1n) is 5.98. The lowest BCUT2D eigenvalue weighted by molar-refractivity contribution is -0.141. The van der Waals surface area contributed by atoms with Crippen molar-refractivity contribution in [1.29, 1.82) is 0 Å². The number of halogens is 3. The van der Waals surface area contributed by atoms with Crippen LogP contribution in [0.3, 0.4) is 0 Å². The van der Waals surface area contributed by atoms with Gasteiger partial charge >= 0.3 is 5.97 Å². The number of carboxylic acids is 1. The largest absolute Gasteiger partial charge is 0.481 e. The summed E-state index contributed by atoms with van der Waals surface area (Å²) in [6.45, 7) is 2.06. The van der Waals surface area contributed by atoms with Crippen molar-refractivity contribution in [2.45, 2.75) is 19.8 Å². The van der Waals surface area contributed by atoms with Crippen molar-refractivity contribution in [3.05, 3.63) is 31.3 Å². The Hall–Kier alpha value is -0.530. The standard InChI is InChI=1S/C13H14Cl2INO3/c1-7(13(19)20)3-2-4-17-12(18)9-5-8(14)6-10(15)11(9)16/h5-7H,2-4H2,1H3,(H,17,18)(H,19,20). The minimum atomic E-state index is -0.826. The topological polar surface area (TPSA) is 66.4 Å². The number of hydrogen-bond donors (Lipinski definition) is 2. The Bertz CT molecular complexity index is 523. The van der Waals surface area contributed by atoms with Gasteiger partial charge in [0.1, 0.15) is 0 Å². The minimum absolute atomic E-state index is 0.262. The van der Waals surface area contributed by atoms with E-state index >= 15 is 0 Å². The molecule has 110 valence electrons. The zero-order valence-electron chi connectivity index (χ0n) is 10.8. The van der Waals surface area contributed by atoms with Crippen LogP contribution in [-0.4, -0.2) is 23.5 Å². The number of amides is 1. The third kappa shape index (κ3) is 5.10. The van der Waals surface area contributed by atoms with Crippen molar-refractivity contribution < 1.29 is 14.7 Å². The second-order valence-corrected chi connectivity index (χ2v) is 6.31. The third-order valence-electron chi connectivity index (χ3n) is 2.76. The number of carbonyl (C=O) groups is 2. The van der Waals surface area contributed by atoms with Crippen molar-refractivity contribution >= 4 is 57.7 Å². The Morgan fingerprint density at radius 3 is 2.65 bits per heavy atom. The minimum Gasteiger partial charge on any atom is -0.481 e. The summed E-state index contributed by atoms with van der Waals surface area (Å²) in [6, 6.07) is 3.14. The predicted octanol–water partition coefficient (Wildman–Crippen LogP) is 3.83. The molecule has 4 nitrogen and oxygen atoms in total. The van der Waals surface area contributed by atoms with Gasteiger partial charge in [0.25, 0.3) is 5.91 Å². The number of hydrogen-bond acceptors (Lipinski definition) is 2. The van der Waals surface area contributed by atoms with E-state index in [1.54, 1.807) is 19.1 Å². The van der Waals surface area contributed by atoms with Gasteiger partial charge in [0.2, 0.25) is 0 Å². The van der Waals surface area contributed by atoms with Crippen molar-refractivity contribution in [3.63, 3.8) is 0 Å². The van der Waals surface area contributed by atoms with E-state index in [1.807, 2.05) is 22.6 Å². The third-order valence-corrected chi connectivity index (χ3v) is 4.76. The number of benzene rings is 1. The Morgan fingerprint density at radius 2 is 2.05 bits per heavy atom. The van der Waals surface area contributed by atoms with Crippen LogP contribution >= 0.6 is 45.8 Å². The Labute approximate surface area is 141 Å². The maximum absolute atomic E-state index is 12.0. The highest BCUT2D eigenvalue weighted by Gasteiger charge is 2.14. The molecule has 1 aromatic rings. The molecule has 1 aromatic carbocycles. The van der Waals surface area contributed by atoms with Crippen molar-refractivity contribution in [2.24, 2.45) is 5.92 Å². The van der Waals surface area contributed by atoms with Gasteiger partial charge < -0.3 is 10.4 Å². The maximum atomic E-state index is 12.0. The van der Waals surface area contributed by atoms with Gasteiger partial charge in [0.05, 0.1) is 16.5 Å².